The van der Waals surface area contributed by atoms with Gasteiger partial charge in [-0.2, -0.15) is 0 Å². The molecule has 0 heterocycles. The highest BCUT2D eigenvalue weighted by Gasteiger charge is 2.39. The van der Waals surface area contributed by atoms with E-state index in [9.17, 15) is 9.59 Å². The molecule has 0 radical (unpaired) electrons. The second-order valence-corrected chi connectivity index (χ2v) is 8.32. The summed E-state index contributed by atoms with van der Waals surface area (Å²) in [7, 11) is 0. The maximum absolute atomic E-state index is 12.4. The van der Waals surface area contributed by atoms with Gasteiger partial charge in [-0.15, -0.1) is 0 Å². The third-order valence-corrected chi connectivity index (χ3v) is 6.31. The summed E-state index contributed by atoms with van der Waals surface area (Å²) >= 11 is 0. The van der Waals surface area contributed by atoms with E-state index in [4.69, 9.17) is 9.84 Å². The van der Waals surface area contributed by atoms with Crippen molar-refractivity contribution in [2.24, 2.45) is 23.7 Å². The number of carboxylic acids is 1. The third kappa shape index (κ3) is 6.22. The summed E-state index contributed by atoms with van der Waals surface area (Å²) in [5.74, 6) is 0.488. The number of hydrogen-bond donors (Lipinski definition) is 1. The van der Waals surface area contributed by atoms with Crippen molar-refractivity contribution in [2.75, 3.05) is 0 Å². The minimum Gasteiger partial charge on any atom is -0.481 e. The molecule has 0 amide bonds. The molecule has 0 fully saturated rings. The minimum atomic E-state index is -0.705. The predicted molar refractivity (Wildman–Crippen MR) is 107 cm³/mol. The van der Waals surface area contributed by atoms with Crippen LogP contribution in [0.4, 0.5) is 0 Å². The molecule has 0 aliphatic heterocycles. The van der Waals surface area contributed by atoms with Crippen LogP contribution in [0, 0.1) is 23.7 Å². The van der Waals surface area contributed by atoms with Crippen molar-refractivity contribution in [3.63, 3.8) is 0 Å². The summed E-state index contributed by atoms with van der Waals surface area (Å²) in [6.45, 7) is 6.24. The number of fused-ring (bicyclic) bond motifs is 1. The van der Waals surface area contributed by atoms with E-state index in [-0.39, 0.29) is 24.4 Å². The van der Waals surface area contributed by atoms with Crippen LogP contribution in [0.25, 0.3) is 0 Å². The van der Waals surface area contributed by atoms with Crippen LogP contribution in [0.15, 0.2) is 23.8 Å². The molecule has 0 saturated heterocycles. The minimum absolute atomic E-state index is 0.00379. The Labute approximate surface area is 164 Å². The number of ether oxygens (including phenoxy) is 1. The van der Waals surface area contributed by atoms with E-state index in [1.807, 2.05) is 13.8 Å². The largest absolute Gasteiger partial charge is 0.481 e. The second-order valence-electron chi connectivity index (χ2n) is 8.32. The maximum Gasteiger partial charge on any atom is 0.308 e. The Balaban J connectivity index is 1.96. The zero-order chi connectivity index (χ0) is 19.8. The Kier molecular flexibility index (Phi) is 8.59. The first kappa shape index (κ1) is 21.7. The average Bonchev–Trinajstić information content (AvgIpc) is 2.65. The third-order valence-electron chi connectivity index (χ3n) is 6.31. The number of aliphatic carboxylic acids is 1. The van der Waals surface area contributed by atoms with E-state index in [0.29, 0.717) is 17.8 Å². The Morgan fingerprint density at radius 1 is 1.26 bits per heavy atom. The first-order valence-corrected chi connectivity index (χ1v) is 10.7. The SMILES string of the molecule is CCC(C)C(=O)O[C@H]1CCC=C2C=C[C@H](C)C(CCCCCCC(=O)O)C21. The fourth-order valence-corrected chi connectivity index (χ4v) is 4.40. The van der Waals surface area contributed by atoms with Crippen molar-refractivity contribution in [1.82, 2.24) is 0 Å². The first-order chi connectivity index (χ1) is 12.9. The summed E-state index contributed by atoms with van der Waals surface area (Å²) in [6.07, 6.45) is 14.9. The van der Waals surface area contributed by atoms with Crippen molar-refractivity contribution in [1.29, 1.82) is 0 Å². The number of rotatable bonds is 10. The summed E-state index contributed by atoms with van der Waals surface area (Å²) in [5, 5.41) is 8.74. The molecule has 5 atom stereocenters. The van der Waals surface area contributed by atoms with E-state index in [0.717, 1.165) is 51.4 Å². The summed E-state index contributed by atoms with van der Waals surface area (Å²) in [5.41, 5.74) is 1.34. The van der Waals surface area contributed by atoms with Gasteiger partial charge in [0.1, 0.15) is 6.10 Å². The van der Waals surface area contributed by atoms with Crippen LogP contribution in [0.1, 0.15) is 78.6 Å². The molecular weight excluding hydrogens is 340 g/mol. The number of hydrogen-bond acceptors (Lipinski definition) is 3. The topological polar surface area (TPSA) is 63.6 Å². The summed E-state index contributed by atoms with van der Waals surface area (Å²) in [4.78, 5) is 23.0. The van der Waals surface area contributed by atoms with Crippen LogP contribution in [0.5, 0.6) is 0 Å². The fourth-order valence-electron chi connectivity index (χ4n) is 4.40. The van der Waals surface area contributed by atoms with E-state index < -0.39 is 5.97 Å². The first-order valence-electron chi connectivity index (χ1n) is 10.7. The molecule has 1 N–H and O–H groups in total. The molecule has 2 aliphatic rings. The smallest absolute Gasteiger partial charge is 0.308 e. The molecule has 4 nitrogen and oxygen atoms in total. The number of carboxylic acid groups (broad SMARTS) is 1. The Hall–Kier alpha value is -1.58. The van der Waals surface area contributed by atoms with Gasteiger partial charge < -0.3 is 9.84 Å². The van der Waals surface area contributed by atoms with E-state index >= 15 is 0 Å². The van der Waals surface area contributed by atoms with Gasteiger partial charge in [0.25, 0.3) is 0 Å². The van der Waals surface area contributed by atoms with Gasteiger partial charge in [-0.3, -0.25) is 9.59 Å². The lowest BCUT2D eigenvalue weighted by atomic mass is 9.66. The van der Waals surface area contributed by atoms with Gasteiger partial charge >= 0.3 is 11.9 Å². The number of allylic oxidation sites excluding steroid dienone is 3. The molecule has 3 unspecified atom stereocenters. The van der Waals surface area contributed by atoms with E-state index in [1.165, 1.54) is 5.57 Å². The number of esters is 1. The molecule has 0 spiro atoms. The van der Waals surface area contributed by atoms with Crippen molar-refractivity contribution in [3.8, 4) is 0 Å². The Morgan fingerprint density at radius 3 is 2.70 bits per heavy atom. The number of carbonyl (C=O) groups is 2. The van der Waals surface area contributed by atoms with Gasteiger partial charge in [-0.25, -0.2) is 0 Å². The highest BCUT2D eigenvalue weighted by atomic mass is 16.5. The molecule has 0 aromatic heterocycles. The van der Waals surface area contributed by atoms with Crippen molar-refractivity contribution >= 4 is 11.9 Å². The van der Waals surface area contributed by atoms with Crippen LogP contribution in [-0.2, 0) is 14.3 Å². The van der Waals surface area contributed by atoms with Crippen molar-refractivity contribution in [2.45, 2.75) is 84.7 Å². The van der Waals surface area contributed by atoms with Gasteiger partial charge in [-0.05, 0) is 49.5 Å². The molecule has 0 aromatic rings. The van der Waals surface area contributed by atoms with Crippen LogP contribution in [-0.4, -0.2) is 23.1 Å². The quantitative estimate of drug-likeness (QED) is 0.402. The second kappa shape index (κ2) is 10.7. The van der Waals surface area contributed by atoms with Crippen molar-refractivity contribution in [3.05, 3.63) is 23.8 Å². The van der Waals surface area contributed by atoms with Gasteiger partial charge in [0.15, 0.2) is 0 Å². The lowest BCUT2D eigenvalue weighted by Gasteiger charge is -2.42. The Bertz CT molecular complexity index is 563. The van der Waals surface area contributed by atoms with Gasteiger partial charge in [0, 0.05) is 12.3 Å². The molecule has 0 bridgehead atoms. The molecule has 2 aliphatic carbocycles. The molecule has 27 heavy (non-hydrogen) atoms. The highest BCUT2D eigenvalue weighted by molar-refractivity contribution is 5.72. The van der Waals surface area contributed by atoms with E-state index in [2.05, 4.69) is 25.2 Å². The maximum atomic E-state index is 12.4. The summed E-state index contributed by atoms with van der Waals surface area (Å²) < 4.78 is 5.98. The molecule has 0 saturated carbocycles. The highest BCUT2D eigenvalue weighted by Crippen LogP contribution is 2.43. The van der Waals surface area contributed by atoms with E-state index in [1.54, 1.807) is 0 Å². The zero-order valence-electron chi connectivity index (χ0n) is 17.2. The van der Waals surface area contributed by atoms with Crippen molar-refractivity contribution < 1.29 is 19.4 Å². The number of unbranched alkanes of at least 4 members (excludes halogenated alkanes) is 3. The van der Waals surface area contributed by atoms with Gasteiger partial charge in [-0.1, -0.05) is 58.3 Å². The van der Waals surface area contributed by atoms with Gasteiger partial charge in [0.2, 0.25) is 0 Å². The lowest BCUT2D eigenvalue weighted by molar-refractivity contribution is -0.157. The van der Waals surface area contributed by atoms with Crippen LogP contribution in [0.3, 0.4) is 0 Å². The van der Waals surface area contributed by atoms with Gasteiger partial charge in [0.05, 0.1) is 5.92 Å². The molecular formula is C23H36O4. The van der Waals surface area contributed by atoms with Crippen LogP contribution >= 0.6 is 0 Å². The monoisotopic (exact) mass is 376 g/mol. The Morgan fingerprint density at radius 2 is 2.00 bits per heavy atom. The molecule has 4 heteroatoms. The predicted octanol–water partition coefficient (Wildman–Crippen LogP) is 5.53. The fraction of sp³-hybridized carbons (Fsp3) is 0.739. The number of carbonyl (C=O) groups excluding carboxylic acids is 1. The average molecular weight is 377 g/mol. The molecule has 0 aromatic carbocycles. The lowest BCUT2D eigenvalue weighted by Crippen LogP contribution is -2.40. The standard InChI is InChI=1S/C23H36O4/c1-4-16(2)23(26)27-20-12-9-10-18-15-14-17(3)19(22(18)20)11-7-5-6-8-13-21(24)25/h10,14-17,19-20,22H,4-9,11-13H2,1-3H3,(H,24,25)/t16?,17-,19?,20-,22?/m0/s1. The molecule has 2 rings (SSSR count). The normalized spacial score (nSPS) is 28.2. The summed E-state index contributed by atoms with van der Waals surface area (Å²) in [6, 6.07) is 0. The van der Waals surface area contributed by atoms with Crippen LogP contribution in [0.2, 0.25) is 0 Å². The van der Waals surface area contributed by atoms with Crippen LogP contribution < -0.4 is 0 Å². The molecule has 152 valence electrons. The zero-order valence-corrected chi connectivity index (χ0v) is 17.2.